The summed E-state index contributed by atoms with van der Waals surface area (Å²) in [6, 6.07) is 3.79. The number of nitrogens with one attached hydrogen (secondary N) is 1. The smallest absolute Gasteiger partial charge is 0.346 e. The van der Waals surface area contributed by atoms with Crippen molar-refractivity contribution in [3.8, 4) is 0 Å². The zero-order valence-electron chi connectivity index (χ0n) is 7.97. The van der Waals surface area contributed by atoms with Crippen LogP contribution in [0.1, 0.15) is 11.1 Å². The standard InChI is InChI=1S/C10H10N4O/c11-9-8(6-13-10(15)14-9)5-7-1-3-12-4-2-7/h1-4,6H,5H2,(H3,11,13,14,15). The van der Waals surface area contributed by atoms with Crippen LogP contribution < -0.4 is 11.4 Å². The second-order valence-corrected chi connectivity index (χ2v) is 3.16. The molecule has 5 heteroatoms. The number of pyridine rings is 1. The zero-order chi connectivity index (χ0) is 10.7. The predicted octanol–water partition coefficient (Wildman–Crippen LogP) is 0.338. The van der Waals surface area contributed by atoms with E-state index in [4.69, 9.17) is 5.73 Å². The van der Waals surface area contributed by atoms with Crippen molar-refractivity contribution in [3.05, 3.63) is 52.3 Å². The number of nitrogen functional groups attached to an aromatic ring is 1. The highest BCUT2D eigenvalue weighted by Crippen LogP contribution is 2.10. The molecule has 3 N–H and O–H groups in total. The second-order valence-electron chi connectivity index (χ2n) is 3.16. The lowest BCUT2D eigenvalue weighted by atomic mass is 10.1. The summed E-state index contributed by atoms with van der Waals surface area (Å²) in [7, 11) is 0. The highest BCUT2D eigenvalue weighted by molar-refractivity contribution is 5.39. The van der Waals surface area contributed by atoms with E-state index in [9.17, 15) is 4.79 Å². The Morgan fingerprint density at radius 2 is 2.07 bits per heavy atom. The SMILES string of the molecule is Nc1[nH]c(=O)ncc1Cc1ccncc1. The maximum Gasteiger partial charge on any atom is 0.346 e. The lowest BCUT2D eigenvalue weighted by Crippen LogP contribution is -2.14. The Labute approximate surface area is 86.0 Å². The molecule has 2 aromatic rings. The van der Waals surface area contributed by atoms with E-state index in [0.29, 0.717) is 12.2 Å². The topological polar surface area (TPSA) is 84.7 Å². The fourth-order valence-corrected chi connectivity index (χ4v) is 1.30. The number of aromatic nitrogens is 3. The van der Waals surface area contributed by atoms with Crippen LogP contribution in [-0.4, -0.2) is 15.0 Å². The summed E-state index contributed by atoms with van der Waals surface area (Å²) in [6.45, 7) is 0. The minimum absolute atomic E-state index is 0.367. The van der Waals surface area contributed by atoms with Crippen molar-refractivity contribution in [3.63, 3.8) is 0 Å². The normalized spacial score (nSPS) is 10.1. The van der Waals surface area contributed by atoms with Crippen LogP contribution in [0.4, 0.5) is 5.82 Å². The van der Waals surface area contributed by atoms with Gasteiger partial charge in [-0.15, -0.1) is 0 Å². The number of hydrogen-bond donors (Lipinski definition) is 2. The molecule has 0 aliphatic heterocycles. The van der Waals surface area contributed by atoms with Gasteiger partial charge in [0.1, 0.15) is 5.82 Å². The van der Waals surface area contributed by atoms with Crippen LogP contribution in [0.2, 0.25) is 0 Å². The highest BCUT2D eigenvalue weighted by Gasteiger charge is 2.01. The third-order valence-corrected chi connectivity index (χ3v) is 2.07. The van der Waals surface area contributed by atoms with Crippen LogP contribution in [0.25, 0.3) is 0 Å². The Balaban J connectivity index is 2.29. The summed E-state index contributed by atoms with van der Waals surface area (Å²) < 4.78 is 0. The number of nitrogens with zero attached hydrogens (tertiary/aromatic N) is 2. The summed E-state index contributed by atoms with van der Waals surface area (Å²) >= 11 is 0. The fraction of sp³-hybridized carbons (Fsp3) is 0.100. The summed E-state index contributed by atoms with van der Waals surface area (Å²) in [5.41, 5.74) is 7.11. The monoisotopic (exact) mass is 202 g/mol. The average Bonchev–Trinajstić information content (AvgIpc) is 2.24. The first-order valence-corrected chi connectivity index (χ1v) is 4.48. The van der Waals surface area contributed by atoms with Crippen LogP contribution in [0.3, 0.4) is 0 Å². The number of nitrogens with two attached hydrogens (primary N) is 1. The minimum atomic E-state index is -0.425. The third kappa shape index (κ3) is 2.19. The largest absolute Gasteiger partial charge is 0.385 e. The van der Waals surface area contributed by atoms with Gasteiger partial charge in [-0.25, -0.2) is 9.78 Å². The molecule has 0 aromatic carbocycles. The molecule has 0 amide bonds. The van der Waals surface area contributed by atoms with E-state index in [1.807, 2.05) is 12.1 Å². The Morgan fingerprint density at radius 3 is 2.73 bits per heavy atom. The molecule has 0 saturated carbocycles. The van der Waals surface area contributed by atoms with Crippen molar-refractivity contribution in [2.45, 2.75) is 6.42 Å². The highest BCUT2D eigenvalue weighted by atomic mass is 16.1. The van der Waals surface area contributed by atoms with Gasteiger partial charge < -0.3 is 5.73 Å². The van der Waals surface area contributed by atoms with Gasteiger partial charge in [0.25, 0.3) is 0 Å². The lowest BCUT2D eigenvalue weighted by Gasteiger charge is -2.03. The average molecular weight is 202 g/mol. The van der Waals surface area contributed by atoms with Gasteiger partial charge in [0.05, 0.1) is 0 Å². The van der Waals surface area contributed by atoms with Crippen molar-refractivity contribution < 1.29 is 0 Å². The number of H-pyrrole nitrogens is 1. The molecular weight excluding hydrogens is 192 g/mol. The second kappa shape index (κ2) is 3.91. The molecule has 0 atom stereocenters. The molecule has 76 valence electrons. The zero-order valence-corrected chi connectivity index (χ0v) is 7.97. The van der Waals surface area contributed by atoms with Crippen LogP contribution >= 0.6 is 0 Å². The molecular formula is C10H10N4O. The van der Waals surface area contributed by atoms with E-state index < -0.39 is 5.69 Å². The predicted molar refractivity (Wildman–Crippen MR) is 56.3 cm³/mol. The molecule has 0 saturated heterocycles. The molecule has 0 fully saturated rings. The van der Waals surface area contributed by atoms with E-state index >= 15 is 0 Å². The molecule has 0 bridgehead atoms. The quantitative estimate of drug-likeness (QED) is 0.735. The fourth-order valence-electron chi connectivity index (χ4n) is 1.30. The lowest BCUT2D eigenvalue weighted by molar-refractivity contribution is 1.02. The summed E-state index contributed by atoms with van der Waals surface area (Å²) in [5.74, 6) is 0.367. The minimum Gasteiger partial charge on any atom is -0.385 e. The first kappa shape index (κ1) is 9.39. The van der Waals surface area contributed by atoms with Crippen molar-refractivity contribution in [2.75, 3.05) is 5.73 Å². The first-order chi connectivity index (χ1) is 7.25. The molecule has 15 heavy (non-hydrogen) atoms. The summed E-state index contributed by atoms with van der Waals surface area (Å²) in [5, 5.41) is 0. The van der Waals surface area contributed by atoms with E-state index in [1.54, 1.807) is 12.4 Å². The van der Waals surface area contributed by atoms with Crippen LogP contribution in [-0.2, 0) is 6.42 Å². The van der Waals surface area contributed by atoms with Gasteiger partial charge >= 0.3 is 5.69 Å². The number of anilines is 1. The molecule has 2 aromatic heterocycles. The van der Waals surface area contributed by atoms with E-state index in [1.165, 1.54) is 6.20 Å². The van der Waals surface area contributed by atoms with E-state index in [2.05, 4.69) is 15.0 Å². The Hall–Kier alpha value is -2.17. The summed E-state index contributed by atoms with van der Waals surface area (Å²) in [6.07, 6.45) is 5.56. The van der Waals surface area contributed by atoms with Gasteiger partial charge in [0.2, 0.25) is 0 Å². The number of hydrogen-bond acceptors (Lipinski definition) is 4. The van der Waals surface area contributed by atoms with E-state index in [0.717, 1.165) is 11.1 Å². The van der Waals surface area contributed by atoms with Crippen LogP contribution in [0.15, 0.2) is 35.5 Å². The first-order valence-electron chi connectivity index (χ1n) is 4.48. The van der Waals surface area contributed by atoms with Gasteiger partial charge in [-0.1, -0.05) is 0 Å². The van der Waals surface area contributed by atoms with Crippen molar-refractivity contribution in [2.24, 2.45) is 0 Å². The Morgan fingerprint density at radius 1 is 1.33 bits per heavy atom. The van der Waals surface area contributed by atoms with Gasteiger partial charge in [-0.05, 0) is 17.7 Å². The van der Waals surface area contributed by atoms with Crippen molar-refractivity contribution >= 4 is 5.82 Å². The number of rotatable bonds is 2. The van der Waals surface area contributed by atoms with Crippen molar-refractivity contribution in [1.82, 2.24) is 15.0 Å². The molecule has 0 spiro atoms. The molecule has 2 rings (SSSR count). The molecule has 0 unspecified atom stereocenters. The van der Waals surface area contributed by atoms with Gasteiger partial charge in [0, 0.05) is 30.6 Å². The van der Waals surface area contributed by atoms with E-state index in [-0.39, 0.29) is 0 Å². The molecule has 2 heterocycles. The maximum atomic E-state index is 10.8. The Kier molecular flexibility index (Phi) is 2.45. The summed E-state index contributed by atoms with van der Waals surface area (Å²) in [4.78, 5) is 20.8. The van der Waals surface area contributed by atoms with Crippen LogP contribution in [0.5, 0.6) is 0 Å². The molecule has 0 aliphatic rings. The van der Waals surface area contributed by atoms with Gasteiger partial charge in [-0.3, -0.25) is 9.97 Å². The number of aromatic amines is 1. The molecule has 0 radical (unpaired) electrons. The molecule has 5 nitrogen and oxygen atoms in total. The molecule has 0 aliphatic carbocycles. The van der Waals surface area contributed by atoms with Gasteiger partial charge in [-0.2, -0.15) is 0 Å². The van der Waals surface area contributed by atoms with Gasteiger partial charge in [0.15, 0.2) is 0 Å². The van der Waals surface area contributed by atoms with Crippen LogP contribution in [0, 0.1) is 0 Å². The van der Waals surface area contributed by atoms with Crippen molar-refractivity contribution in [1.29, 1.82) is 0 Å². The third-order valence-electron chi connectivity index (χ3n) is 2.07. The Bertz CT molecular complexity index is 506. The maximum absolute atomic E-state index is 10.8.